The normalized spacial score (nSPS) is 17.6. The zero-order valence-corrected chi connectivity index (χ0v) is 13.9. The lowest BCUT2D eigenvalue weighted by Gasteiger charge is -2.32. The second-order valence-electron chi connectivity index (χ2n) is 6.04. The predicted octanol–water partition coefficient (Wildman–Crippen LogP) is 2.23. The smallest absolute Gasteiger partial charge is 0.338 e. The maximum atomic E-state index is 12.9. The molecule has 24 heavy (non-hydrogen) atoms. The Morgan fingerprint density at radius 1 is 1.21 bits per heavy atom. The number of likely N-dealkylation sites (tertiary alicyclic amines) is 1. The van der Waals surface area contributed by atoms with Gasteiger partial charge in [-0.05, 0) is 31.0 Å². The summed E-state index contributed by atoms with van der Waals surface area (Å²) in [6, 6.07) is 8.80. The lowest BCUT2D eigenvalue weighted by atomic mass is 9.94. The van der Waals surface area contributed by atoms with Crippen LogP contribution in [0.4, 0.5) is 0 Å². The number of ether oxygens (including phenoxy) is 1. The number of aromatic nitrogens is 2. The minimum Gasteiger partial charge on any atom is -0.465 e. The fourth-order valence-corrected chi connectivity index (χ4v) is 3.18. The molecule has 1 aromatic heterocycles. The van der Waals surface area contributed by atoms with Gasteiger partial charge in [0.2, 0.25) is 0 Å². The molecule has 1 unspecified atom stereocenters. The molecule has 3 rings (SSSR count). The van der Waals surface area contributed by atoms with Gasteiger partial charge in [0.05, 0.1) is 23.9 Å². The maximum absolute atomic E-state index is 12.9. The van der Waals surface area contributed by atoms with Crippen LogP contribution < -0.4 is 0 Å². The number of piperidine rings is 1. The van der Waals surface area contributed by atoms with Crippen molar-refractivity contribution in [2.45, 2.75) is 18.8 Å². The second kappa shape index (κ2) is 6.86. The van der Waals surface area contributed by atoms with Crippen molar-refractivity contribution < 1.29 is 14.3 Å². The first-order chi connectivity index (χ1) is 11.6. The monoisotopic (exact) mass is 327 g/mol. The molecule has 6 nitrogen and oxygen atoms in total. The van der Waals surface area contributed by atoms with Crippen molar-refractivity contribution in [1.82, 2.24) is 14.7 Å². The van der Waals surface area contributed by atoms with E-state index >= 15 is 0 Å². The zero-order valence-electron chi connectivity index (χ0n) is 13.9. The molecular weight excluding hydrogens is 306 g/mol. The Kier molecular flexibility index (Phi) is 4.64. The van der Waals surface area contributed by atoms with Gasteiger partial charge < -0.3 is 9.64 Å². The highest BCUT2D eigenvalue weighted by atomic mass is 16.5. The summed E-state index contributed by atoms with van der Waals surface area (Å²) in [7, 11) is 3.21. The summed E-state index contributed by atoms with van der Waals surface area (Å²) < 4.78 is 6.57. The molecule has 0 spiro atoms. The van der Waals surface area contributed by atoms with Crippen LogP contribution >= 0.6 is 0 Å². The van der Waals surface area contributed by atoms with Crippen molar-refractivity contribution in [1.29, 1.82) is 0 Å². The van der Waals surface area contributed by atoms with E-state index in [1.165, 1.54) is 7.11 Å². The van der Waals surface area contributed by atoms with Crippen LogP contribution in [0.1, 0.15) is 45.2 Å². The molecule has 0 aliphatic carbocycles. The number of rotatable bonds is 3. The topological polar surface area (TPSA) is 64.4 Å². The first kappa shape index (κ1) is 16.2. The van der Waals surface area contributed by atoms with Crippen molar-refractivity contribution in [3.05, 3.63) is 53.3 Å². The van der Waals surface area contributed by atoms with Crippen molar-refractivity contribution in [3.8, 4) is 0 Å². The number of nitrogens with zero attached hydrogens (tertiary/aromatic N) is 3. The third-order valence-electron chi connectivity index (χ3n) is 4.42. The van der Waals surface area contributed by atoms with Gasteiger partial charge in [-0.15, -0.1) is 0 Å². The Morgan fingerprint density at radius 3 is 2.62 bits per heavy atom. The third kappa shape index (κ3) is 3.18. The third-order valence-corrected chi connectivity index (χ3v) is 4.42. The van der Waals surface area contributed by atoms with Crippen LogP contribution in [0.25, 0.3) is 0 Å². The summed E-state index contributed by atoms with van der Waals surface area (Å²) in [5.74, 6) is -0.386. The number of aryl methyl sites for hydroxylation is 1. The first-order valence-corrected chi connectivity index (χ1v) is 8.06. The molecule has 0 saturated carbocycles. The van der Waals surface area contributed by atoms with E-state index in [2.05, 4.69) is 5.10 Å². The molecule has 126 valence electrons. The quantitative estimate of drug-likeness (QED) is 0.811. The van der Waals surface area contributed by atoms with E-state index in [9.17, 15) is 9.59 Å². The fourth-order valence-electron chi connectivity index (χ4n) is 3.18. The molecule has 1 amide bonds. The van der Waals surface area contributed by atoms with Crippen LogP contribution in [0.5, 0.6) is 0 Å². The molecule has 1 aromatic carbocycles. The summed E-state index contributed by atoms with van der Waals surface area (Å²) in [6.45, 7) is 1.31. The summed E-state index contributed by atoms with van der Waals surface area (Å²) in [5.41, 5.74) is 1.72. The summed E-state index contributed by atoms with van der Waals surface area (Å²) in [4.78, 5) is 26.6. The lowest BCUT2D eigenvalue weighted by molar-refractivity contribution is 0.0586. The Morgan fingerprint density at radius 2 is 1.96 bits per heavy atom. The van der Waals surface area contributed by atoms with Gasteiger partial charge >= 0.3 is 5.97 Å². The molecule has 1 aliphatic heterocycles. The van der Waals surface area contributed by atoms with Gasteiger partial charge in [-0.1, -0.05) is 12.1 Å². The number of carbonyl (C=O) groups is 2. The molecule has 0 radical (unpaired) electrons. The van der Waals surface area contributed by atoms with Gasteiger partial charge in [0.1, 0.15) is 0 Å². The van der Waals surface area contributed by atoms with Gasteiger partial charge in [-0.3, -0.25) is 9.48 Å². The highest BCUT2D eigenvalue weighted by Crippen LogP contribution is 2.27. The highest BCUT2D eigenvalue weighted by molar-refractivity contribution is 6.05. The number of esters is 1. The average Bonchev–Trinajstić information content (AvgIpc) is 3.07. The molecule has 1 saturated heterocycles. The van der Waals surface area contributed by atoms with Gasteiger partial charge in [-0.25, -0.2) is 4.79 Å². The Hall–Kier alpha value is -2.63. The van der Waals surface area contributed by atoms with Crippen molar-refractivity contribution in [3.63, 3.8) is 0 Å². The fraction of sp³-hybridized carbons (Fsp3) is 0.389. The van der Waals surface area contributed by atoms with E-state index in [0.29, 0.717) is 24.2 Å². The minimum absolute atomic E-state index is 0.128. The van der Waals surface area contributed by atoms with Crippen LogP contribution in [0.2, 0.25) is 0 Å². The van der Waals surface area contributed by atoms with Gasteiger partial charge in [0.15, 0.2) is 0 Å². The van der Waals surface area contributed by atoms with Gasteiger partial charge in [0, 0.05) is 32.3 Å². The van der Waals surface area contributed by atoms with E-state index in [4.69, 9.17) is 4.74 Å². The Labute approximate surface area is 141 Å². The van der Waals surface area contributed by atoms with Crippen LogP contribution in [0.15, 0.2) is 36.5 Å². The number of benzene rings is 1. The van der Waals surface area contributed by atoms with Crippen molar-refractivity contribution in [2.24, 2.45) is 7.05 Å². The molecule has 1 atom stereocenters. The van der Waals surface area contributed by atoms with E-state index < -0.39 is 5.97 Å². The Bertz CT molecular complexity index is 753. The number of amides is 1. The molecule has 6 heteroatoms. The van der Waals surface area contributed by atoms with E-state index in [0.717, 1.165) is 18.5 Å². The van der Waals surface area contributed by atoms with Crippen LogP contribution in [0, 0.1) is 0 Å². The molecule has 1 aliphatic rings. The SMILES string of the molecule is COC(=O)c1ccccc1C(=O)N1CCCC(c2ccn(C)n2)C1. The van der Waals surface area contributed by atoms with E-state index in [1.807, 2.05) is 24.2 Å². The van der Waals surface area contributed by atoms with Crippen LogP contribution in [-0.2, 0) is 11.8 Å². The molecule has 2 heterocycles. The molecular formula is C18H21N3O3. The molecule has 0 N–H and O–H groups in total. The van der Waals surface area contributed by atoms with Crippen LogP contribution in [0.3, 0.4) is 0 Å². The first-order valence-electron chi connectivity index (χ1n) is 8.06. The average molecular weight is 327 g/mol. The maximum Gasteiger partial charge on any atom is 0.338 e. The van der Waals surface area contributed by atoms with Gasteiger partial charge in [0.25, 0.3) is 5.91 Å². The van der Waals surface area contributed by atoms with Crippen molar-refractivity contribution >= 4 is 11.9 Å². The molecule has 0 bridgehead atoms. The standard InChI is InChI=1S/C18H21N3O3/c1-20-11-9-16(19-20)13-6-5-10-21(12-13)17(22)14-7-3-4-8-15(14)18(23)24-2/h3-4,7-9,11,13H,5-6,10,12H2,1-2H3. The second-order valence-corrected chi connectivity index (χ2v) is 6.04. The Balaban J connectivity index is 1.81. The summed E-state index contributed by atoms with van der Waals surface area (Å²) in [5, 5.41) is 4.46. The number of hydrogen-bond acceptors (Lipinski definition) is 4. The minimum atomic E-state index is -0.489. The number of hydrogen-bond donors (Lipinski definition) is 0. The number of carbonyl (C=O) groups excluding carboxylic acids is 2. The lowest BCUT2D eigenvalue weighted by Crippen LogP contribution is -2.39. The predicted molar refractivity (Wildman–Crippen MR) is 88.9 cm³/mol. The van der Waals surface area contributed by atoms with E-state index in [1.54, 1.807) is 28.9 Å². The van der Waals surface area contributed by atoms with Gasteiger partial charge in [-0.2, -0.15) is 5.10 Å². The largest absolute Gasteiger partial charge is 0.465 e. The summed E-state index contributed by atoms with van der Waals surface area (Å²) >= 11 is 0. The van der Waals surface area contributed by atoms with Crippen molar-refractivity contribution in [2.75, 3.05) is 20.2 Å². The highest BCUT2D eigenvalue weighted by Gasteiger charge is 2.28. The molecule has 1 fully saturated rings. The molecule has 2 aromatic rings. The number of methoxy groups -OCH3 is 1. The van der Waals surface area contributed by atoms with E-state index in [-0.39, 0.29) is 11.8 Å². The zero-order chi connectivity index (χ0) is 17.1. The summed E-state index contributed by atoms with van der Waals surface area (Å²) in [6.07, 6.45) is 3.86. The van der Waals surface area contributed by atoms with Crippen LogP contribution in [-0.4, -0.2) is 46.8 Å².